The van der Waals surface area contributed by atoms with Gasteiger partial charge >= 0.3 is 5.97 Å². The number of hydrogen-bond acceptors (Lipinski definition) is 3. The van der Waals surface area contributed by atoms with Gasteiger partial charge in [-0.15, -0.1) is 0 Å². The molecule has 0 saturated carbocycles. The normalized spacial score (nSPS) is 11.6. The summed E-state index contributed by atoms with van der Waals surface area (Å²) >= 11 is 0. The molecule has 0 N–H and O–H groups in total. The first-order valence-corrected chi connectivity index (χ1v) is 8.97. The summed E-state index contributed by atoms with van der Waals surface area (Å²) in [6.07, 6.45) is -0.180. The van der Waals surface area contributed by atoms with Gasteiger partial charge in [-0.1, -0.05) is 41.7 Å². The molecule has 0 amide bonds. The lowest BCUT2D eigenvalue weighted by molar-refractivity contribution is -0.159. The predicted octanol–water partition coefficient (Wildman–Crippen LogP) is 4.29. The topological polar surface area (TPSA) is 35.5 Å². The Balaban J connectivity index is 2.14. The summed E-state index contributed by atoms with van der Waals surface area (Å²) in [7, 11) is 0. The zero-order valence-corrected chi connectivity index (χ0v) is 15.9. The van der Waals surface area contributed by atoms with Crippen LogP contribution in [0.25, 0.3) is 0 Å². The van der Waals surface area contributed by atoms with Gasteiger partial charge in [-0.05, 0) is 57.5 Å². The number of esters is 1. The van der Waals surface area contributed by atoms with Gasteiger partial charge in [-0.3, -0.25) is 0 Å². The van der Waals surface area contributed by atoms with E-state index in [0.717, 1.165) is 16.7 Å². The molecule has 136 valence electrons. The van der Waals surface area contributed by atoms with E-state index >= 15 is 0 Å². The van der Waals surface area contributed by atoms with Crippen molar-refractivity contribution < 1.29 is 14.3 Å². The van der Waals surface area contributed by atoms with E-state index < -0.39 is 6.10 Å². The lowest BCUT2D eigenvalue weighted by atomic mass is 10.0. The van der Waals surface area contributed by atoms with Crippen LogP contribution in [0.2, 0.25) is 0 Å². The molecule has 0 spiro atoms. The lowest BCUT2D eigenvalue weighted by Gasteiger charge is -2.19. The predicted molar refractivity (Wildman–Crippen MR) is 104 cm³/mol. The van der Waals surface area contributed by atoms with Crippen LogP contribution in [0.3, 0.4) is 0 Å². The molecule has 0 aliphatic carbocycles. The SMILES string of the molecule is CCOC(=O)C(Cc1cccc(C#Cc2ccc(C)cc2)c1)OC(C)C. The third kappa shape index (κ3) is 6.38. The second kappa shape index (κ2) is 9.79. The summed E-state index contributed by atoms with van der Waals surface area (Å²) in [4.78, 5) is 12.1. The molecule has 0 aliphatic heterocycles. The molecule has 0 fully saturated rings. The minimum Gasteiger partial charge on any atom is -0.464 e. The van der Waals surface area contributed by atoms with Crippen molar-refractivity contribution in [2.24, 2.45) is 0 Å². The Morgan fingerprint density at radius 2 is 1.73 bits per heavy atom. The van der Waals surface area contributed by atoms with Gasteiger partial charge in [0.15, 0.2) is 6.10 Å². The molecule has 0 aliphatic rings. The maximum absolute atomic E-state index is 12.1. The molecule has 1 atom stereocenters. The van der Waals surface area contributed by atoms with Crippen LogP contribution in [0.4, 0.5) is 0 Å². The van der Waals surface area contributed by atoms with Gasteiger partial charge in [0, 0.05) is 17.5 Å². The monoisotopic (exact) mass is 350 g/mol. The fourth-order valence-electron chi connectivity index (χ4n) is 2.52. The quantitative estimate of drug-likeness (QED) is 0.576. The zero-order chi connectivity index (χ0) is 18.9. The number of carbonyl (C=O) groups excluding carboxylic acids is 1. The third-order valence-electron chi connectivity index (χ3n) is 3.74. The highest BCUT2D eigenvalue weighted by molar-refractivity contribution is 5.75. The van der Waals surface area contributed by atoms with Crippen LogP contribution < -0.4 is 0 Å². The Morgan fingerprint density at radius 3 is 2.38 bits per heavy atom. The summed E-state index contributed by atoms with van der Waals surface area (Å²) in [5.74, 6) is 6.03. The van der Waals surface area contributed by atoms with Gasteiger partial charge in [0.1, 0.15) is 0 Å². The zero-order valence-electron chi connectivity index (χ0n) is 15.9. The molecule has 0 heterocycles. The number of ether oxygens (including phenoxy) is 2. The van der Waals surface area contributed by atoms with Crippen molar-refractivity contribution in [1.29, 1.82) is 0 Å². The fourth-order valence-corrected chi connectivity index (χ4v) is 2.52. The van der Waals surface area contributed by atoms with E-state index in [0.29, 0.717) is 13.0 Å². The van der Waals surface area contributed by atoms with Crippen molar-refractivity contribution in [3.05, 3.63) is 70.8 Å². The summed E-state index contributed by atoms with van der Waals surface area (Å²) in [5, 5.41) is 0. The third-order valence-corrected chi connectivity index (χ3v) is 3.74. The van der Waals surface area contributed by atoms with Gasteiger partial charge in [-0.25, -0.2) is 4.79 Å². The first-order valence-electron chi connectivity index (χ1n) is 8.97. The Bertz CT molecular complexity index is 779. The summed E-state index contributed by atoms with van der Waals surface area (Å²) < 4.78 is 10.9. The van der Waals surface area contributed by atoms with Crippen molar-refractivity contribution in [2.45, 2.75) is 46.3 Å². The molecular formula is C23H26O3. The Kier molecular flexibility index (Phi) is 7.44. The maximum atomic E-state index is 12.1. The number of rotatable bonds is 6. The van der Waals surface area contributed by atoms with E-state index in [1.54, 1.807) is 6.92 Å². The number of carbonyl (C=O) groups is 1. The van der Waals surface area contributed by atoms with Crippen LogP contribution in [0.15, 0.2) is 48.5 Å². The molecule has 0 bridgehead atoms. The molecule has 2 aromatic carbocycles. The minimum absolute atomic E-state index is 0.0473. The number of aryl methyl sites for hydroxylation is 1. The maximum Gasteiger partial charge on any atom is 0.335 e. The molecule has 2 rings (SSSR count). The highest BCUT2D eigenvalue weighted by Gasteiger charge is 2.22. The second-order valence-corrected chi connectivity index (χ2v) is 6.45. The van der Waals surface area contributed by atoms with Crippen molar-refractivity contribution >= 4 is 5.97 Å². The highest BCUT2D eigenvalue weighted by Crippen LogP contribution is 2.12. The standard InChI is InChI=1S/C23H26O3/c1-5-25-23(24)22(26-17(2)3)16-21-8-6-7-20(15-21)14-13-19-11-9-18(4)10-12-19/h6-12,15,17,22H,5,16H2,1-4H3. The van der Waals surface area contributed by atoms with E-state index in [4.69, 9.17) is 9.47 Å². The van der Waals surface area contributed by atoms with E-state index in [-0.39, 0.29) is 12.1 Å². The van der Waals surface area contributed by atoms with Crippen LogP contribution in [0.1, 0.15) is 43.0 Å². The summed E-state index contributed by atoms with van der Waals surface area (Å²) in [5.41, 5.74) is 4.11. The minimum atomic E-state index is -0.602. The average molecular weight is 350 g/mol. The smallest absolute Gasteiger partial charge is 0.335 e. The molecule has 1 unspecified atom stereocenters. The molecule has 0 aromatic heterocycles. The molecule has 3 nitrogen and oxygen atoms in total. The first-order chi connectivity index (χ1) is 12.5. The average Bonchev–Trinajstić information content (AvgIpc) is 2.61. The Hall–Kier alpha value is -2.57. The van der Waals surface area contributed by atoms with Crippen molar-refractivity contribution in [1.82, 2.24) is 0 Å². The molecule has 26 heavy (non-hydrogen) atoms. The van der Waals surface area contributed by atoms with Crippen LogP contribution >= 0.6 is 0 Å². The number of benzene rings is 2. The van der Waals surface area contributed by atoms with Gasteiger partial charge < -0.3 is 9.47 Å². The van der Waals surface area contributed by atoms with Crippen LogP contribution in [-0.2, 0) is 20.7 Å². The number of hydrogen-bond donors (Lipinski definition) is 0. The van der Waals surface area contributed by atoms with E-state index in [2.05, 4.69) is 18.8 Å². The van der Waals surface area contributed by atoms with Crippen molar-refractivity contribution in [3.63, 3.8) is 0 Å². The highest BCUT2D eigenvalue weighted by atomic mass is 16.6. The molecular weight excluding hydrogens is 324 g/mol. The van der Waals surface area contributed by atoms with E-state index in [1.165, 1.54) is 5.56 Å². The molecule has 2 aromatic rings. The second-order valence-electron chi connectivity index (χ2n) is 6.45. The van der Waals surface area contributed by atoms with Gasteiger partial charge in [0.25, 0.3) is 0 Å². The van der Waals surface area contributed by atoms with Gasteiger partial charge in [0.2, 0.25) is 0 Å². The van der Waals surface area contributed by atoms with E-state index in [9.17, 15) is 4.79 Å². The first kappa shape index (κ1) is 19.8. The Morgan fingerprint density at radius 1 is 1.04 bits per heavy atom. The van der Waals surface area contributed by atoms with Gasteiger partial charge in [0.05, 0.1) is 12.7 Å². The van der Waals surface area contributed by atoms with Crippen LogP contribution in [0, 0.1) is 18.8 Å². The Labute approximate surface area is 156 Å². The molecule has 3 heteroatoms. The van der Waals surface area contributed by atoms with Gasteiger partial charge in [-0.2, -0.15) is 0 Å². The largest absolute Gasteiger partial charge is 0.464 e. The van der Waals surface area contributed by atoms with Crippen molar-refractivity contribution in [2.75, 3.05) is 6.61 Å². The molecule has 0 radical (unpaired) electrons. The molecule has 0 saturated heterocycles. The van der Waals surface area contributed by atoms with Crippen LogP contribution in [-0.4, -0.2) is 24.8 Å². The summed E-state index contributed by atoms with van der Waals surface area (Å²) in [6, 6.07) is 16.0. The van der Waals surface area contributed by atoms with Crippen molar-refractivity contribution in [3.8, 4) is 11.8 Å². The van der Waals surface area contributed by atoms with E-state index in [1.807, 2.05) is 62.4 Å². The fraction of sp³-hybridized carbons (Fsp3) is 0.348. The van der Waals surface area contributed by atoms with Crippen LogP contribution in [0.5, 0.6) is 0 Å². The summed E-state index contributed by atoms with van der Waals surface area (Å²) in [6.45, 7) is 8.02. The lowest BCUT2D eigenvalue weighted by Crippen LogP contribution is -2.31.